The van der Waals surface area contributed by atoms with Crippen LogP contribution in [0, 0.1) is 0 Å². The molecule has 0 spiro atoms. The third-order valence-corrected chi connectivity index (χ3v) is 2.57. The molecule has 0 atom stereocenters. The van der Waals surface area contributed by atoms with E-state index in [1.165, 1.54) is 4.80 Å². The minimum atomic E-state index is -0.891. The molecule has 88 valence electrons. The highest BCUT2D eigenvalue weighted by Gasteiger charge is 2.36. The molecule has 1 aromatic rings. The molecule has 1 fully saturated rings. The highest BCUT2D eigenvalue weighted by atomic mass is 16.5. The van der Waals surface area contributed by atoms with E-state index in [1.54, 1.807) is 7.05 Å². The van der Waals surface area contributed by atoms with E-state index in [0.717, 1.165) is 0 Å². The first-order chi connectivity index (χ1) is 7.60. The van der Waals surface area contributed by atoms with E-state index in [1.807, 2.05) is 0 Å². The van der Waals surface area contributed by atoms with Gasteiger partial charge in [0.05, 0.1) is 7.05 Å². The van der Waals surface area contributed by atoms with Gasteiger partial charge >= 0.3 is 0 Å². The first kappa shape index (κ1) is 11.0. The molecule has 1 aromatic heterocycles. The van der Waals surface area contributed by atoms with Gasteiger partial charge in [0.25, 0.3) is 5.95 Å². The summed E-state index contributed by atoms with van der Waals surface area (Å²) in [4.78, 5) is 13.2. The lowest BCUT2D eigenvalue weighted by molar-refractivity contribution is -0.124. The lowest BCUT2D eigenvalue weighted by Gasteiger charge is -2.31. The van der Waals surface area contributed by atoms with Crippen molar-refractivity contribution in [3.63, 3.8) is 0 Å². The van der Waals surface area contributed by atoms with Gasteiger partial charge in [0.1, 0.15) is 5.54 Å². The third kappa shape index (κ3) is 2.17. The maximum Gasteiger partial charge on any atom is 0.270 e. The summed E-state index contributed by atoms with van der Waals surface area (Å²) in [5, 5.41) is 13.7. The average molecular weight is 226 g/mol. The van der Waals surface area contributed by atoms with Crippen molar-refractivity contribution in [2.45, 2.75) is 18.4 Å². The number of aromatic nitrogens is 4. The maximum absolute atomic E-state index is 11.9. The van der Waals surface area contributed by atoms with Gasteiger partial charge in [0, 0.05) is 13.2 Å². The fourth-order valence-corrected chi connectivity index (χ4v) is 1.52. The number of aryl methyl sites for hydroxylation is 1. The number of rotatable bonds is 2. The molecule has 3 N–H and O–H groups in total. The van der Waals surface area contributed by atoms with Gasteiger partial charge in [-0.15, -0.1) is 5.10 Å². The molecule has 16 heavy (non-hydrogen) atoms. The number of hydrogen-bond acceptors (Lipinski definition) is 6. The minimum Gasteiger partial charge on any atom is -0.381 e. The van der Waals surface area contributed by atoms with Gasteiger partial charge in [-0.05, 0) is 18.1 Å². The first-order valence-corrected chi connectivity index (χ1v) is 5.02. The van der Waals surface area contributed by atoms with Gasteiger partial charge in [-0.1, -0.05) is 5.10 Å². The van der Waals surface area contributed by atoms with E-state index in [-0.39, 0.29) is 11.9 Å². The molecule has 2 heterocycles. The van der Waals surface area contributed by atoms with Crippen LogP contribution < -0.4 is 11.1 Å². The molecule has 8 nitrogen and oxygen atoms in total. The van der Waals surface area contributed by atoms with E-state index < -0.39 is 5.54 Å². The molecule has 1 saturated heterocycles. The summed E-state index contributed by atoms with van der Waals surface area (Å²) in [6.07, 6.45) is 0.998. The van der Waals surface area contributed by atoms with Crippen molar-refractivity contribution in [3.8, 4) is 0 Å². The van der Waals surface area contributed by atoms with Crippen LogP contribution in [0.15, 0.2) is 0 Å². The number of ether oxygens (including phenoxy) is 1. The summed E-state index contributed by atoms with van der Waals surface area (Å²) >= 11 is 0. The summed E-state index contributed by atoms with van der Waals surface area (Å²) < 4.78 is 5.16. The van der Waals surface area contributed by atoms with Crippen LogP contribution in [0.5, 0.6) is 0 Å². The van der Waals surface area contributed by atoms with Crippen LogP contribution in [0.1, 0.15) is 12.8 Å². The number of carbonyl (C=O) groups is 1. The van der Waals surface area contributed by atoms with Crippen molar-refractivity contribution in [2.75, 3.05) is 18.5 Å². The van der Waals surface area contributed by atoms with Crippen LogP contribution in [0.2, 0.25) is 0 Å². The Balaban J connectivity index is 2.01. The van der Waals surface area contributed by atoms with Gasteiger partial charge in [0.2, 0.25) is 5.91 Å². The Morgan fingerprint density at radius 3 is 2.81 bits per heavy atom. The van der Waals surface area contributed by atoms with Crippen LogP contribution >= 0.6 is 0 Å². The lowest BCUT2D eigenvalue weighted by Crippen LogP contribution is -2.54. The van der Waals surface area contributed by atoms with Crippen molar-refractivity contribution in [2.24, 2.45) is 12.8 Å². The number of nitrogens with two attached hydrogens (primary N) is 1. The molecular formula is C8H14N6O2. The number of nitrogens with zero attached hydrogens (tertiary/aromatic N) is 4. The second-order valence-corrected chi connectivity index (χ2v) is 3.83. The summed E-state index contributed by atoms with van der Waals surface area (Å²) in [6, 6.07) is 0. The zero-order valence-corrected chi connectivity index (χ0v) is 9.01. The minimum absolute atomic E-state index is 0.170. The molecule has 0 aromatic carbocycles. The summed E-state index contributed by atoms with van der Waals surface area (Å²) in [7, 11) is 1.62. The van der Waals surface area contributed by atoms with Gasteiger partial charge in [-0.25, -0.2) is 0 Å². The largest absolute Gasteiger partial charge is 0.381 e. The van der Waals surface area contributed by atoms with Gasteiger partial charge < -0.3 is 10.5 Å². The van der Waals surface area contributed by atoms with Crippen LogP contribution in [0.25, 0.3) is 0 Å². The maximum atomic E-state index is 11.9. The molecule has 0 radical (unpaired) electrons. The number of carbonyl (C=O) groups excluding carboxylic acids is 1. The Hall–Kier alpha value is -1.54. The predicted molar refractivity (Wildman–Crippen MR) is 54.4 cm³/mol. The van der Waals surface area contributed by atoms with E-state index >= 15 is 0 Å². The predicted octanol–water partition coefficient (Wildman–Crippen LogP) is -1.34. The topological polar surface area (TPSA) is 108 Å². The van der Waals surface area contributed by atoms with Crippen molar-refractivity contribution in [1.82, 2.24) is 20.2 Å². The number of anilines is 1. The fourth-order valence-electron chi connectivity index (χ4n) is 1.52. The third-order valence-electron chi connectivity index (χ3n) is 2.57. The molecule has 1 aliphatic rings. The normalized spacial score (nSPS) is 19.4. The molecule has 0 saturated carbocycles. The molecule has 0 unspecified atom stereocenters. The van der Waals surface area contributed by atoms with Crippen molar-refractivity contribution in [3.05, 3.63) is 0 Å². The van der Waals surface area contributed by atoms with Crippen LogP contribution in [-0.4, -0.2) is 44.9 Å². The highest BCUT2D eigenvalue weighted by molar-refractivity contribution is 5.96. The molecule has 0 bridgehead atoms. The molecule has 2 rings (SSSR count). The van der Waals surface area contributed by atoms with E-state index in [0.29, 0.717) is 26.1 Å². The van der Waals surface area contributed by atoms with Crippen LogP contribution in [0.4, 0.5) is 5.95 Å². The zero-order valence-electron chi connectivity index (χ0n) is 9.01. The smallest absolute Gasteiger partial charge is 0.270 e. The first-order valence-electron chi connectivity index (χ1n) is 5.02. The monoisotopic (exact) mass is 226 g/mol. The van der Waals surface area contributed by atoms with Crippen molar-refractivity contribution in [1.29, 1.82) is 0 Å². The van der Waals surface area contributed by atoms with Gasteiger partial charge in [-0.3, -0.25) is 10.1 Å². The fraction of sp³-hybridized carbons (Fsp3) is 0.750. The Labute approximate surface area is 92.1 Å². The zero-order chi connectivity index (χ0) is 11.6. The SMILES string of the molecule is Cn1nnc(NC(=O)C2(N)CCOCC2)n1. The van der Waals surface area contributed by atoms with Crippen molar-refractivity contribution < 1.29 is 9.53 Å². The van der Waals surface area contributed by atoms with Gasteiger partial charge in [0.15, 0.2) is 0 Å². The summed E-state index contributed by atoms with van der Waals surface area (Å²) in [5.41, 5.74) is 5.09. The molecular weight excluding hydrogens is 212 g/mol. The quantitative estimate of drug-likeness (QED) is 0.646. The summed E-state index contributed by atoms with van der Waals surface area (Å²) in [5.74, 6) is -0.118. The number of nitrogens with one attached hydrogen (secondary N) is 1. The lowest BCUT2D eigenvalue weighted by atomic mass is 9.90. The Kier molecular flexibility index (Phi) is 2.84. The molecule has 1 aliphatic heterocycles. The Morgan fingerprint density at radius 2 is 2.25 bits per heavy atom. The Bertz CT molecular complexity index is 384. The summed E-state index contributed by atoms with van der Waals surface area (Å²) in [6.45, 7) is 0.996. The van der Waals surface area contributed by atoms with Gasteiger partial charge in [-0.2, -0.15) is 4.80 Å². The molecule has 0 aliphatic carbocycles. The molecule has 8 heteroatoms. The second kappa shape index (κ2) is 4.14. The van der Waals surface area contributed by atoms with E-state index in [4.69, 9.17) is 10.5 Å². The van der Waals surface area contributed by atoms with Crippen LogP contribution in [-0.2, 0) is 16.6 Å². The van der Waals surface area contributed by atoms with E-state index in [9.17, 15) is 4.79 Å². The van der Waals surface area contributed by atoms with Crippen LogP contribution in [0.3, 0.4) is 0 Å². The van der Waals surface area contributed by atoms with Crippen molar-refractivity contribution >= 4 is 11.9 Å². The number of hydrogen-bond donors (Lipinski definition) is 2. The number of amides is 1. The number of tetrazole rings is 1. The average Bonchev–Trinajstić information content (AvgIpc) is 2.65. The standard InChI is InChI=1S/C8H14N6O2/c1-14-12-7(11-13-14)10-6(15)8(9)2-4-16-5-3-8/h2-5,9H2,1H3,(H,10,12,15). The highest BCUT2D eigenvalue weighted by Crippen LogP contribution is 2.18. The second-order valence-electron chi connectivity index (χ2n) is 3.83. The Morgan fingerprint density at radius 1 is 1.56 bits per heavy atom. The van der Waals surface area contributed by atoms with E-state index in [2.05, 4.69) is 20.7 Å². The molecule has 1 amide bonds.